The van der Waals surface area contributed by atoms with Gasteiger partial charge in [-0.05, 0) is 73.0 Å². The van der Waals surface area contributed by atoms with E-state index in [1.54, 1.807) is 0 Å². The van der Waals surface area contributed by atoms with Gasteiger partial charge in [-0.25, -0.2) is 0 Å². The average molecular weight is 279 g/mol. The zero-order valence-corrected chi connectivity index (χ0v) is 15.0. The van der Waals surface area contributed by atoms with Crippen molar-refractivity contribution in [1.29, 1.82) is 0 Å². The van der Waals surface area contributed by atoms with E-state index in [0.717, 1.165) is 23.7 Å². The van der Waals surface area contributed by atoms with Crippen LogP contribution in [0.4, 0.5) is 0 Å². The van der Waals surface area contributed by atoms with Crippen molar-refractivity contribution in [1.82, 2.24) is 0 Å². The predicted molar refractivity (Wildman–Crippen MR) is 89.8 cm³/mol. The molecule has 0 N–H and O–H groups in total. The van der Waals surface area contributed by atoms with Gasteiger partial charge < -0.3 is 0 Å². The van der Waals surface area contributed by atoms with Crippen LogP contribution in [0.3, 0.4) is 0 Å². The van der Waals surface area contributed by atoms with Crippen molar-refractivity contribution in [3.8, 4) is 0 Å². The van der Waals surface area contributed by atoms with Crippen molar-refractivity contribution in [2.24, 2.45) is 34.5 Å². The summed E-state index contributed by atoms with van der Waals surface area (Å²) in [6.45, 7) is 15.1. The molecule has 118 valence electrons. The van der Waals surface area contributed by atoms with Crippen molar-refractivity contribution in [2.45, 2.75) is 92.9 Å². The molecule has 0 aromatic rings. The van der Waals surface area contributed by atoms with Crippen LogP contribution in [0.1, 0.15) is 92.9 Å². The summed E-state index contributed by atoms with van der Waals surface area (Å²) in [5.41, 5.74) is 1.25. The topological polar surface area (TPSA) is 0 Å². The van der Waals surface area contributed by atoms with E-state index in [1.165, 1.54) is 51.4 Å². The maximum atomic E-state index is 2.62. The van der Waals surface area contributed by atoms with Crippen molar-refractivity contribution in [3.05, 3.63) is 0 Å². The lowest BCUT2D eigenvalue weighted by Crippen LogP contribution is -2.33. The Labute approximate surface area is 128 Å². The smallest absolute Gasteiger partial charge is 0.0269 e. The fourth-order valence-electron chi connectivity index (χ4n) is 5.70. The van der Waals surface area contributed by atoms with E-state index < -0.39 is 0 Å². The molecular weight excluding hydrogens is 240 g/mol. The molecule has 2 fully saturated rings. The van der Waals surface area contributed by atoms with E-state index >= 15 is 0 Å². The molecule has 0 nitrogen and oxygen atoms in total. The zero-order valence-electron chi connectivity index (χ0n) is 15.0. The van der Waals surface area contributed by atoms with Gasteiger partial charge in [-0.2, -0.15) is 0 Å². The first-order chi connectivity index (χ1) is 9.27. The van der Waals surface area contributed by atoms with E-state index in [1.807, 2.05) is 0 Å². The summed E-state index contributed by atoms with van der Waals surface area (Å²) in [6, 6.07) is 0. The highest BCUT2D eigenvalue weighted by molar-refractivity contribution is 4.96. The Kier molecular flexibility index (Phi) is 4.92. The fourth-order valence-corrected chi connectivity index (χ4v) is 5.70. The molecule has 0 aliphatic heterocycles. The van der Waals surface area contributed by atoms with Crippen LogP contribution in [0.2, 0.25) is 0 Å². The number of hydrogen-bond acceptors (Lipinski definition) is 0. The van der Waals surface area contributed by atoms with Gasteiger partial charge in [0, 0.05) is 0 Å². The normalized spacial score (nSPS) is 46.0. The zero-order chi connectivity index (χ0) is 15.0. The summed E-state index contributed by atoms with van der Waals surface area (Å²) in [6.07, 6.45) is 11.8. The summed E-state index contributed by atoms with van der Waals surface area (Å²) in [7, 11) is 0. The minimum absolute atomic E-state index is 0.609. The van der Waals surface area contributed by atoms with Gasteiger partial charge >= 0.3 is 0 Å². The van der Waals surface area contributed by atoms with Gasteiger partial charge in [0.15, 0.2) is 0 Å². The molecule has 2 aliphatic carbocycles. The fraction of sp³-hybridized carbons (Fsp3) is 1.00. The number of hydrogen-bond donors (Lipinski definition) is 0. The monoisotopic (exact) mass is 278 g/mol. The largest absolute Gasteiger partial charge is 0.0625 e. The number of rotatable bonds is 4. The SMILES string of the molecule is CC1CCC[C@@](C)(CC[C@@]2(C)C(C)CC[C@@H]2C(C)C)C1. The van der Waals surface area contributed by atoms with Crippen LogP contribution in [-0.4, -0.2) is 0 Å². The lowest BCUT2D eigenvalue weighted by molar-refractivity contribution is 0.0708. The quantitative estimate of drug-likeness (QED) is 0.537. The Hall–Kier alpha value is 0. The summed E-state index contributed by atoms with van der Waals surface area (Å²) < 4.78 is 0. The molecule has 0 radical (unpaired) electrons. The van der Waals surface area contributed by atoms with E-state index in [2.05, 4.69) is 41.5 Å². The Morgan fingerprint density at radius 2 is 1.70 bits per heavy atom. The van der Waals surface area contributed by atoms with Crippen LogP contribution < -0.4 is 0 Å². The van der Waals surface area contributed by atoms with Crippen LogP contribution >= 0.6 is 0 Å². The molecule has 20 heavy (non-hydrogen) atoms. The molecule has 0 bridgehead atoms. The molecule has 2 saturated carbocycles. The summed E-state index contributed by atoms with van der Waals surface area (Å²) in [4.78, 5) is 0. The first kappa shape index (κ1) is 16.4. The van der Waals surface area contributed by atoms with E-state index in [-0.39, 0.29) is 0 Å². The van der Waals surface area contributed by atoms with Gasteiger partial charge in [0.05, 0.1) is 0 Å². The highest BCUT2D eigenvalue weighted by Gasteiger charge is 2.46. The Bertz CT molecular complexity index is 318. The van der Waals surface area contributed by atoms with Crippen LogP contribution in [0.5, 0.6) is 0 Å². The maximum Gasteiger partial charge on any atom is -0.0269 e. The van der Waals surface area contributed by atoms with Gasteiger partial charge in [-0.1, -0.05) is 54.4 Å². The lowest BCUT2D eigenvalue weighted by atomic mass is 9.62. The van der Waals surface area contributed by atoms with Crippen molar-refractivity contribution >= 4 is 0 Å². The lowest BCUT2D eigenvalue weighted by Gasteiger charge is -2.43. The second kappa shape index (κ2) is 6.01. The molecule has 0 heteroatoms. The molecule has 2 rings (SSSR count). The van der Waals surface area contributed by atoms with Crippen LogP contribution in [0, 0.1) is 34.5 Å². The highest BCUT2D eigenvalue weighted by Crippen LogP contribution is 2.55. The Morgan fingerprint density at radius 3 is 2.30 bits per heavy atom. The Morgan fingerprint density at radius 1 is 1.00 bits per heavy atom. The van der Waals surface area contributed by atoms with E-state index in [9.17, 15) is 0 Å². The summed E-state index contributed by atoms with van der Waals surface area (Å²) in [5.74, 6) is 3.72. The third-order valence-corrected chi connectivity index (χ3v) is 7.27. The second-order valence-corrected chi connectivity index (χ2v) is 9.35. The molecular formula is C20H38. The molecule has 2 unspecified atom stereocenters. The van der Waals surface area contributed by atoms with Gasteiger partial charge in [-0.15, -0.1) is 0 Å². The van der Waals surface area contributed by atoms with Crippen molar-refractivity contribution in [3.63, 3.8) is 0 Å². The summed E-state index contributed by atoms with van der Waals surface area (Å²) >= 11 is 0. The summed E-state index contributed by atoms with van der Waals surface area (Å²) in [5, 5.41) is 0. The van der Waals surface area contributed by atoms with Gasteiger partial charge in [0.25, 0.3) is 0 Å². The predicted octanol–water partition coefficient (Wildman–Crippen LogP) is 6.69. The van der Waals surface area contributed by atoms with E-state index in [0.29, 0.717) is 10.8 Å². The molecule has 0 spiro atoms. The minimum Gasteiger partial charge on any atom is -0.0625 e. The molecule has 0 saturated heterocycles. The van der Waals surface area contributed by atoms with Gasteiger partial charge in [-0.3, -0.25) is 0 Å². The maximum absolute atomic E-state index is 2.62. The standard InChI is InChI=1S/C20H38/c1-15(2)18-10-9-17(4)20(18,6)13-12-19(5)11-7-8-16(3)14-19/h15-18H,7-14H2,1-6H3/t16?,17?,18-,19+,20+/m1/s1. The first-order valence-electron chi connectivity index (χ1n) is 9.27. The third kappa shape index (κ3) is 3.25. The van der Waals surface area contributed by atoms with Gasteiger partial charge in [0.2, 0.25) is 0 Å². The molecule has 0 heterocycles. The first-order valence-corrected chi connectivity index (χ1v) is 9.27. The minimum atomic E-state index is 0.609. The molecule has 5 atom stereocenters. The van der Waals surface area contributed by atoms with Crippen LogP contribution in [0.15, 0.2) is 0 Å². The van der Waals surface area contributed by atoms with Crippen molar-refractivity contribution < 1.29 is 0 Å². The molecule has 2 aliphatic rings. The molecule has 0 aromatic carbocycles. The average Bonchev–Trinajstić information content (AvgIpc) is 2.64. The second-order valence-electron chi connectivity index (χ2n) is 9.35. The molecule has 0 aromatic heterocycles. The van der Waals surface area contributed by atoms with E-state index in [4.69, 9.17) is 0 Å². The van der Waals surface area contributed by atoms with Crippen LogP contribution in [0.25, 0.3) is 0 Å². The van der Waals surface area contributed by atoms with Crippen LogP contribution in [-0.2, 0) is 0 Å². The van der Waals surface area contributed by atoms with Crippen molar-refractivity contribution in [2.75, 3.05) is 0 Å². The third-order valence-electron chi connectivity index (χ3n) is 7.27. The molecule has 0 amide bonds. The van der Waals surface area contributed by atoms with Gasteiger partial charge in [0.1, 0.15) is 0 Å². The Balaban J connectivity index is 2.00. The highest BCUT2D eigenvalue weighted by atomic mass is 14.5.